The Hall–Kier alpha value is -2.16. The molecule has 0 spiro atoms. The Balaban J connectivity index is 4.00. The number of nitrogens with one attached hydrogen (secondary N) is 2. The quantitative estimate of drug-likeness (QED) is 0.0360. The molecule has 0 bridgehead atoms. The van der Waals surface area contributed by atoms with Crippen LogP contribution in [0.2, 0.25) is 0 Å². The number of aliphatic hydroxyl groups is 1. The van der Waals surface area contributed by atoms with Gasteiger partial charge in [-0.05, 0) is 38.5 Å². The number of hydrogen-bond acceptors (Lipinski definition) is 6. The molecule has 312 valence electrons. The number of hydrogen-bond donors (Lipinski definition) is 4. The highest BCUT2D eigenvalue weighted by Gasteiger charge is 2.19. The number of rotatable bonds is 41. The van der Waals surface area contributed by atoms with Gasteiger partial charge in [0.15, 0.2) is 0 Å². The molecular formula is C44H84N2O7. The predicted molar refractivity (Wildman–Crippen MR) is 218 cm³/mol. The standard InChI is InChI=1S/C44H84N2O7/c1-3-5-7-9-11-12-13-14-15-16-17-18-19-20-21-22-23-28-32-36-43(50)53-39(33-29-25-10-8-6-4-2)34-30-26-24-27-31-35-41(48)45-37-42(49)46-40(38-47)44(51)52/h39-40,47H,3-38H2,1-2H3,(H,45,48)(H,46,49)(H,51,52). The van der Waals surface area contributed by atoms with E-state index in [1.165, 1.54) is 141 Å². The monoisotopic (exact) mass is 753 g/mol. The van der Waals surface area contributed by atoms with Gasteiger partial charge in [0.25, 0.3) is 0 Å². The van der Waals surface area contributed by atoms with Crippen LogP contribution in [0, 0.1) is 0 Å². The Morgan fingerprint density at radius 2 is 0.849 bits per heavy atom. The molecule has 53 heavy (non-hydrogen) atoms. The summed E-state index contributed by atoms with van der Waals surface area (Å²) >= 11 is 0. The number of esters is 1. The van der Waals surface area contributed by atoms with Gasteiger partial charge in [-0.1, -0.05) is 181 Å². The van der Waals surface area contributed by atoms with Crippen molar-refractivity contribution in [3.63, 3.8) is 0 Å². The molecule has 2 atom stereocenters. The lowest BCUT2D eigenvalue weighted by Gasteiger charge is -2.18. The first-order valence-electron chi connectivity index (χ1n) is 22.4. The van der Waals surface area contributed by atoms with Crippen molar-refractivity contribution in [3.8, 4) is 0 Å². The summed E-state index contributed by atoms with van der Waals surface area (Å²) in [6.45, 7) is 3.48. The average molecular weight is 753 g/mol. The third kappa shape index (κ3) is 36.6. The molecule has 9 nitrogen and oxygen atoms in total. The van der Waals surface area contributed by atoms with E-state index in [1.54, 1.807) is 0 Å². The summed E-state index contributed by atoms with van der Waals surface area (Å²) in [5.74, 6) is -2.28. The van der Waals surface area contributed by atoms with E-state index in [0.717, 1.165) is 57.8 Å². The molecular weight excluding hydrogens is 668 g/mol. The first-order valence-corrected chi connectivity index (χ1v) is 22.4. The molecule has 0 radical (unpaired) electrons. The third-order valence-corrected chi connectivity index (χ3v) is 10.4. The summed E-state index contributed by atoms with van der Waals surface area (Å²) in [6.07, 6.45) is 40.1. The second kappa shape index (κ2) is 39.5. The largest absolute Gasteiger partial charge is 0.480 e. The fourth-order valence-electron chi connectivity index (χ4n) is 6.89. The zero-order chi connectivity index (χ0) is 39.0. The molecule has 0 aliphatic heterocycles. The summed E-state index contributed by atoms with van der Waals surface area (Å²) < 4.78 is 5.99. The SMILES string of the molecule is CCCCCCCCCCCCCCCCCCCCCC(=O)OC(CCCCCCCC)CCCCCCCC(=O)NCC(=O)NC(CO)C(=O)O. The van der Waals surface area contributed by atoms with Crippen molar-refractivity contribution in [3.05, 3.63) is 0 Å². The molecule has 2 unspecified atom stereocenters. The summed E-state index contributed by atoms with van der Waals surface area (Å²) in [5, 5.41) is 22.5. The van der Waals surface area contributed by atoms with Gasteiger partial charge in [-0.25, -0.2) is 4.79 Å². The molecule has 0 aromatic rings. The molecule has 0 aromatic heterocycles. The molecule has 0 aromatic carbocycles. The van der Waals surface area contributed by atoms with Crippen LogP contribution in [0.3, 0.4) is 0 Å². The summed E-state index contributed by atoms with van der Waals surface area (Å²) in [5.41, 5.74) is 0. The fourth-order valence-corrected chi connectivity index (χ4v) is 6.89. The van der Waals surface area contributed by atoms with Gasteiger partial charge in [0.2, 0.25) is 11.8 Å². The van der Waals surface area contributed by atoms with E-state index in [1.807, 2.05) is 0 Å². The Morgan fingerprint density at radius 3 is 1.23 bits per heavy atom. The number of aliphatic hydroxyl groups excluding tert-OH is 1. The van der Waals surface area contributed by atoms with Crippen LogP contribution in [0.4, 0.5) is 0 Å². The van der Waals surface area contributed by atoms with E-state index in [9.17, 15) is 19.2 Å². The smallest absolute Gasteiger partial charge is 0.328 e. The topological polar surface area (TPSA) is 142 Å². The molecule has 0 aliphatic carbocycles. The van der Waals surface area contributed by atoms with Gasteiger partial charge in [0.1, 0.15) is 12.1 Å². The van der Waals surface area contributed by atoms with Crippen LogP contribution in [-0.2, 0) is 23.9 Å². The van der Waals surface area contributed by atoms with E-state index in [0.29, 0.717) is 19.3 Å². The van der Waals surface area contributed by atoms with E-state index >= 15 is 0 Å². The van der Waals surface area contributed by atoms with Gasteiger partial charge >= 0.3 is 11.9 Å². The number of amides is 2. The van der Waals surface area contributed by atoms with Crippen molar-refractivity contribution in [1.29, 1.82) is 0 Å². The first kappa shape index (κ1) is 50.8. The van der Waals surface area contributed by atoms with Crippen molar-refractivity contribution in [2.75, 3.05) is 13.2 Å². The van der Waals surface area contributed by atoms with Crippen LogP contribution in [0.1, 0.15) is 232 Å². The van der Waals surface area contributed by atoms with Crippen molar-refractivity contribution < 1.29 is 34.1 Å². The average Bonchev–Trinajstić information content (AvgIpc) is 3.14. The molecule has 0 fully saturated rings. The molecule has 0 rings (SSSR count). The van der Waals surface area contributed by atoms with Crippen molar-refractivity contribution in [1.82, 2.24) is 10.6 Å². The zero-order valence-corrected chi connectivity index (χ0v) is 34.5. The van der Waals surface area contributed by atoms with Crippen LogP contribution in [-0.4, -0.2) is 59.3 Å². The number of ether oxygens (including phenoxy) is 1. The lowest BCUT2D eigenvalue weighted by atomic mass is 10.0. The number of aliphatic carboxylic acids is 1. The molecule has 9 heteroatoms. The molecule has 0 aliphatic rings. The van der Waals surface area contributed by atoms with Crippen LogP contribution < -0.4 is 10.6 Å². The minimum Gasteiger partial charge on any atom is -0.480 e. The van der Waals surface area contributed by atoms with Crippen LogP contribution in [0.15, 0.2) is 0 Å². The number of carboxylic acid groups (broad SMARTS) is 1. The van der Waals surface area contributed by atoms with Crippen LogP contribution in [0.25, 0.3) is 0 Å². The number of carbonyl (C=O) groups is 4. The molecule has 0 saturated heterocycles. The van der Waals surface area contributed by atoms with Gasteiger partial charge in [-0.2, -0.15) is 0 Å². The maximum Gasteiger partial charge on any atom is 0.328 e. The lowest BCUT2D eigenvalue weighted by Crippen LogP contribution is -2.47. The zero-order valence-electron chi connectivity index (χ0n) is 34.5. The minimum atomic E-state index is -1.38. The molecule has 4 N–H and O–H groups in total. The highest BCUT2D eigenvalue weighted by atomic mass is 16.5. The Kier molecular flexibility index (Phi) is 37.9. The molecule has 0 saturated carbocycles. The Labute approximate surface area is 325 Å². The normalized spacial score (nSPS) is 12.4. The van der Waals surface area contributed by atoms with E-state index in [4.69, 9.17) is 14.9 Å². The number of carbonyl (C=O) groups excluding carboxylic acids is 3. The highest BCUT2D eigenvalue weighted by Crippen LogP contribution is 2.19. The number of unbranched alkanes of at least 4 members (excludes halogenated alkanes) is 27. The summed E-state index contributed by atoms with van der Waals surface area (Å²) in [7, 11) is 0. The summed E-state index contributed by atoms with van der Waals surface area (Å²) in [4.78, 5) is 47.4. The minimum absolute atomic E-state index is 0.00234. The van der Waals surface area contributed by atoms with Gasteiger partial charge < -0.3 is 25.6 Å². The van der Waals surface area contributed by atoms with Crippen molar-refractivity contribution in [2.45, 2.75) is 244 Å². The second-order valence-electron chi connectivity index (χ2n) is 15.5. The van der Waals surface area contributed by atoms with Crippen molar-refractivity contribution >= 4 is 23.8 Å². The Bertz CT molecular complexity index is 869. The van der Waals surface area contributed by atoms with Crippen LogP contribution >= 0.6 is 0 Å². The number of carboxylic acids is 1. The van der Waals surface area contributed by atoms with Gasteiger partial charge in [0.05, 0.1) is 13.2 Å². The maximum absolute atomic E-state index is 12.7. The lowest BCUT2D eigenvalue weighted by molar-refractivity contribution is -0.150. The molecule has 0 heterocycles. The third-order valence-electron chi connectivity index (χ3n) is 10.4. The highest BCUT2D eigenvalue weighted by molar-refractivity contribution is 5.87. The second-order valence-corrected chi connectivity index (χ2v) is 15.5. The van der Waals surface area contributed by atoms with Gasteiger partial charge in [-0.15, -0.1) is 0 Å². The predicted octanol–water partition coefficient (Wildman–Crippen LogP) is 10.9. The van der Waals surface area contributed by atoms with E-state index in [2.05, 4.69) is 24.5 Å². The Morgan fingerprint density at radius 1 is 0.491 bits per heavy atom. The van der Waals surface area contributed by atoms with E-state index in [-0.39, 0.29) is 24.5 Å². The first-order chi connectivity index (χ1) is 25.8. The van der Waals surface area contributed by atoms with Gasteiger partial charge in [-0.3, -0.25) is 14.4 Å². The summed E-state index contributed by atoms with van der Waals surface area (Å²) in [6, 6.07) is -1.38. The van der Waals surface area contributed by atoms with E-state index < -0.39 is 24.5 Å². The molecule has 2 amide bonds. The van der Waals surface area contributed by atoms with Crippen molar-refractivity contribution in [2.24, 2.45) is 0 Å². The maximum atomic E-state index is 12.7. The van der Waals surface area contributed by atoms with Gasteiger partial charge in [0, 0.05) is 12.8 Å². The van der Waals surface area contributed by atoms with Crippen LogP contribution in [0.5, 0.6) is 0 Å². The fraction of sp³-hybridized carbons (Fsp3) is 0.909.